The second-order valence-corrected chi connectivity index (χ2v) is 3.38. The highest BCUT2D eigenvalue weighted by Gasteiger charge is 2.14. The molecule has 0 aliphatic carbocycles. The Labute approximate surface area is 95.6 Å². The number of ketones is 1. The minimum atomic E-state index is 0.0114. The maximum absolute atomic E-state index is 11.8. The topological polar surface area (TPSA) is 47.6 Å². The van der Waals surface area contributed by atoms with E-state index in [1.165, 1.54) is 0 Å². The molecule has 1 rings (SSSR count). The van der Waals surface area contributed by atoms with Crippen molar-refractivity contribution in [1.29, 1.82) is 0 Å². The molecule has 1 aromatic rings. The van der Waals surface area contributed by atoms with Gasteiger partial charge < -0.3 is 14.8 Å². The number of benzene rings is 1. The Morgan fingerprint density at radius 1 is 1.38 bits per heavy atom. The molecule has 0 unspecified atom stereocenters. The van der Waals surface area contributed by atoms with Gasteiger partial charge in [0.2, 0.25) is 0 Å². The SMILES string of the molecule is CNCC(=O)c1cccc(COC)c1OC. The van der Waals surface area contributed by atoms with Crippen molar-refractivity contribution < 1.29 is 14.3 Å². The largest absolute Gasteiger partial charge is 0.496 e. The highest BCUT2D eigenvalue weighted by molar-refractivity contribution is 6.00. The number of ether oxygens (including phenoxy) is 2. The van der Waals surface area contributed by atoms with Crippen molar-refractivity contribution in [2.24, 2.45) is 0 Å². The van der Waals surface area contributed by atoms with E-state index in [0.29, 0.717) is 24.5 Å². The average Bonchev–Trinajstić information content (AvgIpc) is 2.29. The van der Waals surface area contributed by atoms with Gasteiger partial charge in [-0.2, -0.15) is 0 Å². The summed E-state index contributed by atoms with van der Waals surface area (Å²) in [5.41, 5.74) is 1.47. The van der Waals surface area contributed by atoms with Crippen LogP contribution in [0.4, 0.5) is 0 Å². The standard InChI is InChI=1S/C12H17NO3/c1-13-7-11(14)10-6-4-5-9(8-15-2)12(10)16-3/h4-6,13H,7-8H2,1-3H3. The van der Waals surface area contributed by atoms with Crippen LogP contribution in [0, 0.1) is 0 Å². The molecular weight excluding hydrogens is 206 g/mol. The van der Waals surface area contributed by atoms with Crippen molar-refractivity contribution in [1.82, 2.24) is 5.32 Å². The summed E-state index contributed by atoms with van der Waals surface area (Å²) in [6.07, 6.45) is 0. The number of carbonyl (C=O) groups is 1. The highest BCUT2D eigenvalue weighted by atomic mass is 16.5. The van der Waals surface area contributed by atoms with Crippen LogP contribution in [-0.2, 0) is 11.3 Å². The number of para-hydroxylation sites is 1. The Balaban J connectivity index is 3.08. The van der Waals surface area contributed by atoms with Crippen LogP contribution in [0.2, 0.25) is 0 Å². The minimum Gasteiger partial charge on any atom is -0.496 e. The Morgan fingerprint density at radius 2 is 2.12 bits per heavy atom. The lowest BCUT2D eigenvalue weighted by molar-refractivity contribution is 0.0990. The van der Waals surface area contributed by atoms with E-state index in [1.807, 2.05) is 12.1 Å². The van der Waals surface area contributed by atoms with Gasteiger partial charge in [0.25, 0.3) is 0 Å². The highest BCUT2D eigenvalue weighted by Crippen LogP contribution is 2.24. The van der Waals surface area contributed by atoms with E-state index in [2.05, 4.69) is 5.32 Å². The summed E-state index contributed by atoms with van der Waals surface area (Å²) in [5.74, 6) is 0.613. The lowest BCUT2D eigenvalue weighted by Gasteiger charge is -2.12. The van der Waals surface area contributed by atoms with Crippen molar-refractivity contribution >= 4 is 5.78 Å². The first kappa shape index (κ1) is 12.7. The van der Waals surface area contributed by atoms with Gasteiger partial charge in [-0.05, 0) is 13.1 Å². The molecular formula is C12H17NO3. The average molecular weight is 223 g/mol. The molecule has 16 heavy (non-hydrogen) atoms. The molecule has 4 heteroatoms. The molecule has 0 saturated carbocycles. The van der Waals surface area contributed by atoms with Gasteiger partial charge >= 0.3 is 0 Å². The molecule has 0 aliphatic heterocycles. The molecule has 0 saturated heterocycles. The van der Waals surface area contributed by atoms with Gasteiger partial charge in [-0.25, -0.2) is 0 Å². The molecule has 0 bridgehead atoms. The molecule has 1 aromatic carbocycles. The molecule has 0 aromatic heterocycles. The number of hydrogen-bond donors (Lipinski definition) is 1. The Kier molecular flexibility index (Phi) is 4.95. The van der Waals surface area contributed by atoms with Crippen molar-refractivity contribution in [2.75, 3.05) is 27.8 Å². The molecule has 0 amide bonds. The van der Waals surface area contributed by atoms with Gasteiger partial charge in [-0.1, -0.05) is 12.1 Å². The quantitative estimate of drug-likeness (QED) is 0.737. The third-order valence-electron chi connectivity index (χ3n) is 2.24. The monoisotopic (exact) mass is 223 g/mol. The predicted molar refractivity (Wildman–Crippen MR) is 62.0 cm³/mol. The number of carbonyl (C=O) groups excluding carboxylic acids is 1. The summed E-state index contributed by atoms with van der Waals surface area (Å²) in [5, 5.41) is 2.83. The van der Waals surface area contributed by atoms with Crippen LogP contribution in [-0.4, -0.2) is 33.6 Å². The van der Waals surface area contributed by atoms with E-state index in [-0.39, 0.29) is 5.78 Å². The van der Waals surface area contributed by atoms with Crippen molar-refractivity contribution in [3.05, 3.63) is 29.3 Å². The van der Waals surface area contributed by atoms with Crippen LogP contribution in [0.1, 0.15) is 15.9 Å². The summed E-state index contributed by atoms with van der Waals surface area (Å²) in [6.45, 7) is 0.733. The fourth-order valence-corrected chi connectivity index (χ4v) is 1.57. The van der Waals surface area contributed by atoms with Crippen molar-refractivity contribution in [2.45, 2.75) is 6.61 Å². The van der Waals surface area contributed by atoms with Gasteiger partial charge in [0.05, 0.1) is 25.8 Å². The molecule has 0 spiro atoms. The molecule has 4 nitrogen and oxygen atoms in total. The van der Waals surface area contributed by atoms with Gasteiger partial charge in [0, 0.05) is 12.7 Å². The van der Waals surface area contributed by atoms with Gasteiger partial charge in [-0.15, -0.1) is 0 Å². The third-order valence-corrected chi connectivity index (χ3v) is 2.24. The molecule has 0 aliphatic rings. The third kappa shape index (κ3) is 2.81. The van der Waals surface area contributed by atoms with Gasteiger partial charge in [0.15, 0.2) is 5.78 Å². The zero-order valence-electron chi connectivity index (χ0n) is 9.87. The predicted octanol–water partition coefficient (Wildman–Crippen LogP) is 1.24. The van der Waals surface area contributed by atoms with E-state index in [9.17, 15) is 4.79 Å². The van der Waals surface area contributed by atoms with Crippen LogP contribution in [0.3, 0.4) is 0 Å². The smallest absolute Gasteiger partial charge is 0.180 e. The number of hydrogen-bond acceptors (Lipinski definition) is 4. The summed E-state index contributed by atoms with van der Waals surface area (Å²) < 4.78 is 10.3. The molecule has 0 atom stereocenters. The number of methoxy groups -OCH3 is 2. The molecule has 0 fully saturated rings. The van der Waals surface area contributed by atoms with E-state index in [0.717, 1.165) is 5.56 Å². The fourth-order valence-electron chi connectivity index (χ4n) is 1.57. The first-order chi connectivity index (χ1) is 7.74. The number of likely N-dealkylation sites (N-methyl/N-ethyl adjacent to an activating group) is 1. The van der Waals surface area contributed by atoms with Gasteiger partial charge in [-0.3, -0.25) is 4.79 Å². The Morgan fingerprint density at radius 3 is 2.69 bits per heavy atom. The zero-order valence-corrected chi connectivity index (χ0v) is 9.87. The second-order valence-electron chi connectivity index (χ2n) is 3.38. The van der Waals surface area contributed by atoms with E-state index >= 15 is 0 Å². The maximum Gasteiger partial charge on any atom is 0.180 e. The van der Waals surface area contributed by atoms with Crippen LogP contribution in [0.25, 0.3) is 0 Å². The minimum absolute atomic E-state index is 0.0114. The molecule has 0 radical (unpaired) electrons. The van der Waals surface area contributed by atoms with Crippen LogP contribution >= 0.6 is 0 Å². The molecule has 1 N–H and O–H groups in total. The van der Waals surface area contributed by atoms with Gasteiger partial charge in [0.1, 0.15) is 5.75 Å². The first-order valence-corrected chi connectivity index (χ1v) is 5.07. The van der Waals surface area contributed by atoms with E-state index < -0.39 is 0 Å². The number of rotatable bonds is 6. The lowest BCUT2D eigenvalue weighted by Crippen LogP contribution is -2.19. The van der Waals surface area contributed by atoms with Crippen LogP contribution in [0.5, 0.6) is 5.75 Å². The second kappa shape index (κ2) is 6.25. The Bertz CT molecular complexity index is 363. The fraction of sp³-hybridized carbons (Fsp3) is 0.417. The molecule has 88 valence electrons. The maximum atomic E-state index is 11.8. The summed E-state index contributed by atoms with van der Waals surface area (Å²) in [7, 11) is 4.91. The van der Waals surface area contributed by atoms with E-state index in [1.54, 1.807) is 27.3 Å². The van der Waals surface area contributed by atoms with E-state index in [4.69, 9.17) is 9.47 Å². The number of nitrogens with one attached hydrogen (secondary N) is 1. The van der Waals surface area contributed by atoms with Crippen LogP contribution in [0.15, 0.2) is 18.2 Å². The first-order valence-electron chi connectivity index (χ1n) is 5.07. The lowest BCUT2D eigenvalue weighted by atomic mass is 10.1. The van der Waals surface area contributed by atoms with Crippen molar-refractivity contribution in [3.63, 3.8) is 0 Å². The van der Waals surface area contributed by atoms with Crippen LogP contribution < -0.4 is 10.1 Å². The number of Topliss-reactive ketones (excluding diaryl/α,β-unsaturated/α-hetero) is 1. The Hall–Kier alpha value is -1.39. The summed E-state index contributed by atoms with van der Waals surface area (Å²) in [6, 6.07) is 5.48. The summed E-state index contributed by atoms with van der Waals surface area (Å²) >= 11 is 0. The molecule has 0 heterocycles. The normalized spacial score (nSPS) is 10.2. The zero-order chi connectivity index (χ0) is 12.0. The summed E-state index contributed by atoms with van der Waals surface area (Å²) in [4.78, 5) is 11.8. The van der Waals surface area contributed by atoms with Crippen molar-refractivity contribution in [3.8, 4) is 5.75 Å².